The zero-order valence-corrected chi connectivity index (χ0v) is 15.6. The van der Waals surface area contributed by atoms with Crippen LogP contribution < -0.4 is 10.2 Å². The lowest BCUT2D eigenvalue weighted by Crippen LogP contribution is -2.49. The molecule has 0 saturated carbocycles. The summed E-state index contributed by atoms with van der Waals surface area (Å²) in [5.41, 5.74) is 1.06. The molecule has 2 aromatic heterocycles. The van der Waals surface area contributed by atoms with Gasteiger partial charge in [-0.2, -0.15) is 13.2 Å². The number of amides is 1. The van der Waals surface area contributed by atoms with E-state index in [1.807, 2.05) is 24.0 Å². The molecule has 7 nitrogen and oxygen atoms in total. The van der Waals surface area contributed by atoms with E-state index in [-0.39, 0.29) is 13.1 Å². The summed E-state index contributed by atoms with van der Waals surface area (Å²) in [6.07, 6.45) is -4.20. The topological polar surface area (TPSA) is 74.2 Å². The summed E-state index contributed by atoms with van der Waals surface area (Å²) in [5, 5.41) is 3.14. The normalized spacial score (nSPS) is 14.9. The maximum absolute atomic E-state index is 12.4. The average molecular weight is 394 g/mol. The minimum Gasteiger partial charge on any atom is -0.353 e. The van der Waals surface area contributed by atoms with Crippen LogP contribution in [0.2, 0.25) is 0 Å². The predicted octanol–water partition coefficient (Wildman–Crippen LogP) is 2.83. The van der Waals surface area contributed by atoms with Crippen molar-refractivity contribution in [3.63, 3.8) is 0 Å². The molecule has 1 aliphatic heterocycles. The number of nitrogens with zero attached hydrogens (tertiary/aromatic N) is 5. The van der Waals surface area contributed by atoms with Crippen LogP contribution in [0.3, 0.4) is 0 Å². The fourth-order valence-electron chi connectivity index (χ4n) is 2.98. The standard InChI is InChI=1S/C18H21F3N6O/c1-12-3-4-22-14(9-12)25-15-10-16(24-13(2)23-15)26-5-7-27(8-6-26)17(28)11-18(19,20)21/h3-4,9-10H,5-8,11H2,1-2H3,(H,22,23,24,25). The number of aromatic nitrogens is 3. The minimum atomic E-state index is -4.48. The third-order valence-corrected chi connectivity index (χ3v) is 4.30. The molecule has 3 rings (SSSR count). The largest absolute Gasteiger partial charge is 0.397 e. The monoisotopic (exact) mass is 394 g/mol. The van der Waals surface area contributed by atoms with Gasteiger partial charge < -0.3 is 15.1 Å². The van der Waals surface area contributed by atoms with Gasteiger partial charge >= 0.3 is 6.18 Å². The van der Waals surface area contributed by atoms with Crippen LogP contribution in [-0.4, -0.2) is 58.1 Å². The summed E-state index contributed by atoms with van der Waals surface area (Å²) in [5.74, 6) is 1.57. The number of nitrogens with one attached hydrogen (secondary N) is 1. The van der Waals surface area contributed by atoms with E-state index in [1.165, 1.54) is 4.90 Å². The van der Waals surface area contributed by atoms with Crippen molar-refractivity contribution in [3.8, 4) is 0 Å². The Balaban J connectivity index is 1.66. The van der Waals surface area contributed by atoms with Gasteiger partial charge in [-0.15, -0.1) is 0 Å². The van der Waals surface area contributed by atoms with Gasteiger partial charge in [-0.05, 0) is 31.5 Å². The highest BCUT2D eigenvalue weighted by Crippen LogP contribution is 2.23. The number of halogens is 3. The molecule has 0 aliphatic carbocycles. The van der Waals surface area contributed by atoms with Gasteiger partial charge in [0, 0.05) is 38.4 Å². The van der Waals surface area contributed by atoms with Crippen LogP contribution >= 0.6 is 0 Å². The van der Waals surface area contributed by atoms with Crippen molar-refractivity contribution >= 4 is 23.4 Å². The lowest BCUT2D eigenvalue weighted by atomic mass is 10.2. The molecule has 0 spiro atoms. The van der Waals surface area contributed by atoms with Crippen molar-refractivity contribution in [1.82, 2.24) is 19.9 Å². The van der Waals surface area contributed by atoms with Crippen molar-refractivity contribution in [1.29, 1.82) is 0 Å². The quantitative estimate of drug-likeness (QED) is 0.860. The van der Waals surface area contributed by atoms with Crippen molar-refractivity contribution in [2.24, 2.45) is 0 Å². The Morgan fingerprint density at radius 2 is 1.82 bits per heavy atom. The molecule has 0 atom stereocenters. The number of anilines is 3. The van der Waals surface area contributed by atoms with Crippen molar-refractivity contribution < 1.29 is 18.0 Å². The molecule has 0 bridgehead atoms. The maximum Gasteiger partial charge on any atom is 0.397 e. The molecule has 28 heavy (non-hydrogen) atoms. The summed E-state index contributed by atoms with van der Waals surface area (Å²) in [6, 6.07) is 5.55. The van der Waals surface area contributed by atoms with Crippen molar-refractivity contribution in [2.75, 3.05) is 36.4 Å². The molecule has 10 heteroatoms. The molecule has 1 amide bonds. The van der Waals surface area contributed by atoms with Gasteiger partial charge in [0.2, 0.25) is 5.91 Å². The first-order valence-electron chi connectivity index (χ1n) is 8.84. The van der Waals surface area contributed by atoms with E-state index in [1.54, 1.807) is 19.2 Å². The number of pyridine rings is 1. The zero-order chi connectivity index (χ0) is 20.3. The highest BCUT2D eigenvalue weighted by atomic mass is 19.4. The smallest absolute Gasteiger partial charge is 0.353 e. The lowest BCUT2D eigenvalue weighted by molar-refractivity contribution is -0.161. The molecule has 0 unspecified atom stereocenters. The predicted molar refractivity (Wildman–Crippen MR) is 98.5 cm³/mol. The molecule has 150 valence electrons. The van der Waals surface area contributed by atoms with Crippen LogP contribution in [0.25, 0.3) is 0 Å². The molecule has 1 fully saturated rings. The summed E-state index contributed by atoms with van der Waals surface area (Å²) in [6.45, 7) is 4.98. The number of carbonyl (C=O) groups is 1. The summed E-state index contributed by atoms with van der Waals surface area (Å²) in [7, 11) is 0. The van der Waals surface area contributed by atoms with Gasteiger partial charge in [-0.25, -0.2) is 15.0 Å². The van der Waals surface area contributed by atoms with Gasteiger partial charge in [-0.1, -0.05) is 0 Å². The van der Waals surface area contributed by atoms with E-state index in [0.29, 0.717) is 36.4 Å². The average Bonchev–Trinajstić information content (AvgIpc) is 2.60. The second kappa shape index (κ2) is 7.99. The number of aryl methyl sites for hydroxylation is 2. The van der Waals surface area contributed by atoms with Crippen LogP contribution in [0.5, 0.6) is 0 Å². The molecular formula is C18H21F3N6O. The summed E-state index contributed by atoms with van der Waals surface area (Å²) < 4.78 is 37.2. The van der Waals surface area contributed by atoms with Gasteiger partial charge in [0.15, 0.2) is 0 Å². The summed E-state index contributed by atoms with van der Waals surface area (Å²) in [4.78, 5) is 27.9. The van der Waals surface area contributed by atoms with Crippen molar-refractivity contribution in [2.45, 2.75) is 26.4 Å². The Bertz CT molecular complexity index is 849. The number of piperazine rings is 1. The maximum atomic E-state index is 12.4. The number of carbonyl (C=O) groups excluding carboxylic acids is 1. The molecule has 2 aromatic rings. The molecule has 0 radical (unpaired) electrons. The highest BCUT2D eigenvalue weighted by molar-refractivity contribution is 5.77. The molecule has 1 saturated heterocycles. The fraction of sp³-hybridized carbons (Fsp3) is 0.444. The first-order valence-corrected chi connectivity index (χ1v) is 8.84. The van der Waals surface area contributed by atoms with Crippen LogP contribution in [0.15, 0.2) is 24.4 Å². The Morgan fingerprint density at radius 3 is 2.46 bits per heavy atom. The lowest BCUT2D eigenvalue weighted by Gasteiger charge is -2.35. The third-order valence-electron chi connectivity index (χ3n) is 4.30. The molecular weight excluding hydrogens is 373 g/mol. The second-order valence-electron chi connectivity index (χ2n) is 6.66. The first-order chi connectivity index (χ1) is 13.2. The number of alkyl halides is 3. The van der Waals surface area contributed by atoms with E-state index in [2.05, 4.69) is 20.3 Å². The SMILES string of the molecule is Cc1ccnc(Nc2cc(N3CCN(C(=O)CC(F)(F)F)CC3)nc(C)n2)c1. The fourth-order valence-corrected chi connectivity index (χ4v) is 2.98. The van der Waals surface area contributed by atoms with Crippen LogP contribution in [-0.2, 0) is 4.79 Å². The van der Waals surface area contributed by atoms with Gasteiger partial charge in [0.25, 0.3) is 0 Å². The summed E-state index contributed by atoms with van der Waals surface area (Å²) >= 11 is 0. The van der Waals surface area contributed by atoms with Gasteiger partial charge in [0.1, 0.15) is 29.7 Å². The third kappa shape index (κ3) is 5.30. The number of hydrogen-bond donors (Lipinski definition) is 1. The molecule has 1 aliphatic rings. The number of hydrogen-bond acceptors (Lipinski definition) is 6. The molecule has 3 heterocycles. The van der Waals surface area contributed by atoms with E-state index in [9.17, 15) is 18.0 Å². The van der Waals surface area contributed by atoms with E-state index >= 15 is 0 Å². The first kappa shape index (κ1) is 19.8. The van der Waals surface area contributed by atoms with Crippen LogP contribution in [0, 0.1) is 13.8 Å². The highest BCUT2D eigenvalue weighted by Gasteiger charge is 2.34. The zero-order valence-electron chi connectivity index (χ0n) is 15.6. The second-order valence-corrected chi connectivity index (χ2v) is 6.66. The Kier molecular flexibility index (Phi) is 5.66. The van der Waals surface area contributed by atoms with Gasteiger partial charge in [-0.3, -0.25) is 4.79 Å². The molecule has 1 N–H and O–H groups in total. The minimum absolute atomic E-state index is 0.222. The van der Waals surface area contributed by atoms with Crippen LogP contribution in [0.1, 0.15) is 17.8 Å². The Morgan fingerprint density at radius 1 is 1.11 bits per heavy atom. The Hall–Kier alpha value is -2.91. The molecule has 0 aromatic carbocycles. The van der Waals surface area contributed by atoms with Gasteiger partial charge in [0.05, 0.1) is 0 Å². The van der Waals surface area contributed by atoms with E-state index in [4.69, 9.17) is 0 Å². The van der Waals surface area contributed by atoms with E-state index < -0.39 is 18.5 Å². The van der Waals surface area contributed by atoms with Crippen LogP contribution in [0.4, 0.5) is 30.6 Å². The van der Waals surface area contributed by atoms with E-state index in [0.717, 1.165) is 5.56 Å². The Labute approximate surface area is 160 Å². The van der Waals surface area contributed by atoms with Crippen molar-refractivity contribution in [3.05, 3.63) is 35.8 Å². The number of rotatable bonds is 4.